The molecule has 1 heterocycles. The van der Waals surface area contributed by atoms with Crippen molar-refractivity contribution in [3.63, 3.8) is 0 Å². The van der Waals surface area contributed by atoms with Gasteiger partial charge in [0, 0.05) is 17.2 Å². The summed E-state index contributed by atoms with van der Waals surface area (Å²) >= 11 is 0. The lowest BCUT2D eigenvalue weighted by Gasteiger charge is -2.12. The summed E-state index contributed by atoms with van der Waals surface area (Å²) in [7, 11) is 0. The van der Waals surface area contributed by atoms with E-state index in [1.165, 1.54) is 11.1 Å². The summed E-state index contributed by atoms with van der Waals surface area (Å²) in [5, 5.41) is 9.77. The summed E-state index contributed by atoms with van der Waals surface area (Å²) < 4.78 is 5.14. The lowest BCUT2D eigenvalue weighted by molar-refractivity contribution is -0.114. The van der Waals surface area contributed by atoms with Gasteiger partial charge in [0.25, 0.3) is 0 Å². The Morgan fingerprint density at radius 3 is 2.50 bits per heavy atom. The van der Waals surface area contributed by atoms with Crippen molar-refractivity contribution in [1.29, 1.82) is 0 Å². The molecule has 0 aliphatic heterocycles. The zero-order valence-electron chi connectivity index (χ0n) is 13.8. The zero-order chi connectivity index (χ0) is 16.3. The van der Waals surface area contributed by atoms with Gasteiger partial charge in [0.2, 0.25) is 11.8 Å². The van der Waals surface area contributed by atoms with Crippen LogP contribution in [-0.2, 0) is 10.2 Å². The highest BCUT2D eigenvalue weighted by atomic mass is 16.5. The molecule has 0 bridgehead atoms. The molecule has 0 saturated heterocycles. The van der Waals surface area contributed by atoms with Crippen molar-refractivity contribution in [2.24, 2.45) is 0 Å². The van der Waals surface area contributed by atoms with Crippen LogP contribution < -0.4 is 10.6 Å². The van der Waals surface area contributed by atoms with Gasteiger partial charge in [0.05, 0.1) is 12.2 Å². The van der Waals surface area contributed by atoms with E-state index in [1.807, 2.05) is 45.9 Å². The summed E-state index contributed by atoms with van der Waals surface area (Å²) in [6.07, 6.45) is 0. The van der Waals surface area contributed by atoms with Gasteiger partial charge < -0.3 is 9.84 Å². The zero-order valence-corrected chi connectivity index (χ0v) is 13.8. The molecule has 1 aromatic heterocycles. The van der Waals surface area contributed by atoms with Gasteiger partial charge in [-0.2, -0.15) is 0 Å². The molecule has 2 aromatic rings. The summed E-state index contributed by atoms with van der Waals surface area (Å²) in [5.74, 6) is 0.201. The number of nitrogens with one attached hydrogen (secondary N) is 2. The topological polar surface area (TPSA) is 67.2 Å². The number of aromatic nitrogens is 1. The first-order valence-electron chi connectivity index (χ1n) is 7.34. The van der Waals surface area contributed by atoms with Crippen LogP contribution in [0.2, 0.25) is 0 Å². The Hall–Kier alpha value is -2.30. The van der Waals surface area contributed by atoms with Crippen LogP contribution in [0.25, 0.3) is 0 Å². The first-order valence-corrected chi connectivity index (χ1v) is 7.34. The van der Waals surface area contributed by atoms with Crippen LogP contribution >= 0.6 is 0 Å². The van der Waals surface area contributed by atoms with E-state index in [0.29, 0.717) is 5.88 Å². The minimum Gasteiger partial charge on any atom is -0.376 e. The SMILES string of the molecule is Cc1ccc(NCC(=O)Nc2cc(C(C)(C)C)no2)cc1C. The van der Waals surface area contributed by atoms with Crippen LogP contribution in [0.3, 0.4) is 0 Å². The van der Waals surface area contributed by atoms with Gasteiger partial charge in [-0.1, -0.05) is 32.0 Å². The molecule has 0 unspecified atom stereocenters. The molecule has 118 valence electrons. The van der Waals surface area contributed by atoms with Crippen molar-refractivity contribution in [3.8, 4) is 0 Å². The minimum atomic E-state index is -0.171. The van der Waals surface area contributed by atoms with Crippen LogP contribution in [0, 0.1) is 13.8 Å². The number of amides is 1. The molecule has 1 aromatic carbocycles. The Bertz CT molecular complexity index is 669. The van der Waals surface area contributed by atoms with Gasteiger partial charge in [-0.3, -0.25) is 10.1 Å². The number of nitrogens with zero attached hydrogens (tertiary/aromatic N) is 1. The first kappa shape index (κ1) is 16.1. The van der Waals surface area contributed by atoms with Crippen LogP contribution in [0.5, 0.6) is 0 Å². The fourth-order valence-corrected chi connectivity index (χ4v) is 1.90. The molecule has 0 aliphatic carbocycles. The number of hydrogen-bond acceptors (Lipinski definition) is 4. The highest BCUT2D eigenvalue weighted by Crippen LogP contribution is 2.23. The number of hydrogen-bond donors (Lipinski definition) is 2. The van der Waals surface area contributed by atoms with Crippen molar-refractivity contribution in [2.75, 3.05) is 17.2 Å². The quantitative estimate of drug-likeness (QED) is 0.904. The van der Waals surface area contributed by atoms with Crippen molar-refractivity contribution in [3.05, 3.63) is 41.1 Å². The average molecular weight is 301 g/mol. The number of aryl methyl sites for hydroxylation is 2. The van der Waals surface area contributed by atoms with E-state index in [-0.39, 0.29) is 17.9 Å². The number of benzene rings is 1. The molecule has 0 radical (unpaired) electrons. The Balaban J connectivity index is 1.90. The predicted molar refractivity (Wildman–Crippen MR) is 88.2 cm³/mol. The van der Waals surface area contributed by atoms with Gasteiger partial charge in [-0.25, -0.2) is 0 Å². The molecular weight excluding hydrogens is 278 g/mol. The third-order valence-corrected chi connectivity index (χ3v) is 3.50. The van der Waals surface area contributed by atoms with Crippen LogP contribution in [0.4, 0.5) is 11.6 Å². The largest absolute Gasteiger partial charge is 0.376 e. The van der Waals surface area contributed by atoms with Gasteiger partial charge in [0.1, 0.15) is 0 Å². The standard InChI is InChI=1S/C17H23N3O2/c1-11-6-7-13(8-12(11)2)18-10-15(21)19-16-9-14(20-22-16)17(3,4)5/h6-9,18H,10H2,1-5H3,(H,19,21). The van der Waals surface area contributed by atoms with Gasteiger partial charge in [-0.05, 0) is 37.1 Å². The van der Waals surface area contributed by atoms with E-state index in [1.54, 1.807) is 6.07 Å². The third-order valence-electron chi connectivity index (χ3n) is 3.50. The second-order valence-corrected chi connectivity index (χ2v) is 6.53. The van der Waals surface area contributed by atoms with Crippen molar-refractivity contribution in [2.45, 2.75) is 40.0 Å². The van der Waals surface area contributed by atoms with Gasteiger partial charge in [0.15, 0.2) is 0 Å². The van der Waals surface area contributed by atoms with E-state index in [9.17, 15) is 4.79 Å². The predicted octanol–water partition coefficient (Wildman–Crippen LogP) is 3.64. The minimum absolute atomic E-state index is 0.107. The monoisotopic (exact) mass is 301 g/mol. The maximum atomic E-state index is 11.9. The summed E-state index contributed by atoms with van der Waals surface area (Å²) in [4.78, 5) is 11.9. The fourth-order valence-electron chi connectivity index (χ4n) is 1.90. The Kier molecular flexibility index (Phi) is 4.54. The van der Waals surface area contributed by atoms with E-state index in [0.717, 1.165) is 11.4 Å². The number of rotatable bonds is 4. The number of carbonyl (C=O) groups excluding carboxylic acids is 1. The molecule has 0 atom stereocenters. The van der Waals surface area contributed by atoms with E-state index in [2.05, 4.69) is 22.7 Å². The van der Waals surface area contributed by atoms with Crippen molar-refractivity contribution >= 4 is 17.5 Å². The Morgan fingerprint density at radius 1 is 1.18 bits per heavy atom. The molecule has 1 amide bonds. The fraction of sp³-hybridized carbons (Fsp3) is 0.412. The normalized spacial score (nSPS) is 11.3. The molecule has 0 spiro atoms. The summed E-state index contributed by atoms with van der Waals surface area (Å²) in [5.41, 5.74) is 4.04. The molecule has 2 N–H and O–H groups in total. The van der Waals surface area contributed by atoms with E-state index >= 15 is 0 Å². The molecule has 22 heavy (non-hydrogen) atoms. The Labute approximate surface area is 131 Å². The molecule has 2 rings (SSSR count). The van der Waals surface area contributed by atoms with Gasteiger partial charge in [-0.15, -0.1) is 0 Å². The molecular formula is C17H23N3O2. The maximum absolute atomic E-state index is 11.9. The number of anilines is 2. The van der Waals surface area contributed by atoms with Crippen LogP contribution in [-0.4, -0.2) is 17.6 Å². The molecule has 0 fully saturated rings. The van der Waals surface area contributed by atoms with Crippen LogP contribution in [0.1, 0.15) is 37.6 Å². The molecule has 5 heteroatoms. The first-order chi connectivity index (χ1) is 10.3. The van der Waals surface area contributed by atoms with E-state index < -0.39 is 0 Å². The number of carbonyl (C=O) groups is 1. The van der Waals surface area contributed by atoms with Crippen molar-refractivity contribution in [1.82, 2.24) is 5.16 Å². The van der Waals surface area contributed by atoms with Gasteiger partial charge >= 0.3 is 0 Å². The summed E-state index contributed by atoms with van der Waals surface area (Å²) in [6.45, 7) is 10.4. The molecule has 0 saturated carbocycles. The second-order valence-electron chi connectivity index (χ2n) is 6.53. The lowest BCUT2D eigenvalue weighted by atomic mass is 9.92. The highest BCUT2D eigenvalue weighted by molar-refractivity contribution is 5.92. The Morgan fingerprint density at radius 2 is 1.91 bits per heavy atom. The molecule has 0 aliphatic rings. The average Bonchev–Trinajstić information content (AvgIpc) is 2.88. The lowest BCUT2D eigenvalue weighted by Crippen LogP contribution is -2.21. The smallest absolute Gasteiger partial charge is 0.246 e. The summed E-state index contributed by atoms with van der Waals surface area (Å²) in [6, 6.07) is 7.77. The van der Waals surface area contributed by atoms with E-state index in [4.69, 9.17) is 4.52 Å². The van der Waals surface area contributed by atoms with Crippen molar-refractivity contribution < 1.29 is 9.32 Å². The highest BCUT2D eigenvalue weighted by Gasteiger charge is 2.19. The second kappa shape index (κ2) is 6.22. The third kappa shape index (κ3) is 4.10. The van der Waals surface area contributed by atoms with Crippen LogP contribution in [0.15, 0.2) is 28.8 Å². The molecule has 5 nitrogen and oxygen atoms in total. The maximum Gasteiger partial charge on any atom is 0.246 e.